The Morgan fingerprint density at radius 2 is 2.00 bits per heavy atom. The van der Waals surface area contributed by atoms with Gasteiger partial charge in [0.2, 0.25) is 0 Å². The molecule has 0 heterocycles. The lowest BCUT2D eigenvalue weighted by Gasteiger charge is -1.90. The minimum atomic E-state index is -4.10. The van der Waals surface area contributed by atoms with Crippen molar-refractivity contribution >= 4 is 10.1 Å². The molecule has 0 spiro atoms. The second-order valence-electron chi connectivity index (χ2n) is 1.83. The Kier molecular flexibility index (Phi) is 3.78. The summed E-state index contributed by atoms with van der Waals surface area (Å²) in [5.74, 6) is 0. The van der Waals surface area contributed by atoms with E-state index in [2.05, 4.69) is 6.58 Å². The molecule has 0 saturated heterocycles. The fourth-order valence-corrected chi connectivity index (χ4v) is 0.611. The maximum absolute atomic E-state index is 10.3. The van der Waals surface area contributed by atoms with Crippen LogP contribution in [0, 0.1) is 0 Å². The molecule has 0 aliphatic carbocycles. The van der Waals surface area contributed by atoms with Gasteiger partial charge in [0.05, 0.1) is 4.91 Å². The van der Waals surface area contributed by atoms with Gasteiger partial charge < -0.3 is 0 Å². The highest BCUT2D eigenvalue weighted by Crippen LogP contribution is 2.01. The van der Waals surface area contributed by atoms with Crippen molar-refractivity contribution in [2.75, 3.05) is 0 Å². The SMILES string of the molecule is C=C(/C=C\C=C/C)S(=O)(=O)O. The van der Waals surface area contributed by atoms with Gasteiger partial charge in [-0.15, -0.1) is 0 Å². The topological polar surface area (TPSA) is 54.4 Å². The Labute approximate surface area is 66.5 Å². The average Bonchev–Trinajstić information content (AvgIpc) is 1.86. The quantitative estimate of drug-likeness (QED) is 0.521. The first-order valence-electron chi connectivity index (χ1n) is 2.94. The number of rotatable bonds is 3. The van der Waals surface area contributed by atoms with Crippen molar-refractivity contribution in [2.45, 2.75) is 6.92 Å². The summed E-state index contributed by atoms with van der Waals surface area (Å²) in [7, 11) is -4.10. The van der Waals surface area contributed by atoms with E-state index in [0.717, 1.165) is 0 Å². The third kappa shape index (κ3) is 4.52. The highest BCUT2D eigenvalue weighted by Gasteiger charge is 2.04. The number of allylic oxidation sites excluding steroid dienone is 4. The molecule has 0 unspecified atom stereocenters. The Morgan fingerprint density at radius 3 is 2.36 bits per heavy atom. The van der Waals surface area contributed by atoms with Crippen LogP contribution in [0.15, 0.2) is 35.8 Å². The summed E-state index contributed by atoms with van der Waals surface area (Å²) in [5.41, 5.74) is 0. The molecule has 4 heteroatoms. The van der Waals surface area contributed by atoms with E-state index in [0.29, 0.717) is 0 Å². The summed E-state index contributed by atoms with van der Waals surface area (Å²) in [6.45, 7) is 4.93. The Morgan fingerprint density at radius 1 is 1.45 bits per heavy atom. The van der Waals surface area contributed by atoms with Crippen LogP contribution in [0.4, 0.5) is 0 Å². The van der Waals surface area contributed by atoms with E-state index >= 15 is 0 Å². The van der Waals surface area contributed by atoms with Crippen LogP contribution in [-0.4, -0.2) is 13.0 Å². The first-order chi connectivity index (χ1) is 4.98. The molecule has 0 saturated carbocycles. The minimum Gasteiger partial charge on any atom is -0.282 e. The Balaban J connectivity index is 4.33. The lowest BCUT2D eigenvalue weighted by Crippen LogP contribution is -1.96. The van der Waals surface area contributed by atoms with Crippen molar-refractivity contribution < 1.29 is 13.0 Å². The summed E-state index contributed by atoms with van der Waals surface area (Å²) < 4.78 is 29.0. The van der Waals surface area contributed by atoms with Crippen molar-refractivity contribution in [1.29, 1.82) is 0 Å². The molecule has 1 N–H and O–H groups in total. The highest BCUT2D eigenvalue weighted by atomic mass is 32.2. The molecule has 3 nitrogen and oxygen atoms in total. The van der Waals surface area contributed by atoms with Crippen molar-refractivity contribution in [3.63, 3.8) is 0 Å². The van der Waals surface area contributed by atoms with Gasteiger partial charge in [0.15, 0.2) is 0 Å². The molecule has 0 rings (SSSR count). The van der Waals surface area contributed by atoms with Crippen LogP contribution in [0.3, 0.4) is 0 Å². The van der Waals surface area contributed by atoms with Crippen LogP contribution in [0.1, 0.15) is 6.92 Å². The van der Waals surface area contributed by atoms with E-state index in [4.69, 9.17) is 4.55 Å². The van der Waals surface area contributed by atoms with Gasteiger partial charge >= 0.3 is 0 Å². The summed E-state index contributed by atoms with van der Waals surface area (Å²) >= 11 is 0. The number of hydrogen-bond donors (Lipinski definition) is 1. The molecule has 0 radical (unpaired) electrons. The summed E-state index contributed by atoms with van der Waals surface area (Å²) in [4.78, 5) is -0.310. The molecule has 0 aliphatic heterocycles. The van der Waals surface area contributed by atoms with Gasteiger partial charge in [-0.1, -0.05) is 24.8 Å². The largest absolute Gasteiger partial charge is 0.293 e. The van der Waals surface area contributed by atoms with Crippen LogP contribution < -0.4 is 0 Å². The molecule has 0 atom stereocenters. The first kappa shape index (κ1) is 10.1. The van der Waals surface area contributed by atoms with Gasteiger partial charge in [0.1, 0.15) is 0 Å². The van der Waals surface area contributed by atoms with Crippen LogP contribution in [-0.2, 0) is 10.1 Å². The third-order valence-corrected chi connectivity index (χ3v) is 1.72. The van der Waals surface area contributed by atoms with Crippen molar-refractivity contribution in [2.24, 2.45) is 0 Å². The van der Waals surface area contributed by atoms with Crippen LogP contribution in [0.25, 0.3) is 0 Å². The normalized spacial score (nSPS) is 12.9. The Bertz CT molecular complexity index is 283. The van der Waals surface area contributed by atoms with Gasteiger partial charge in [-0.05, 0) is 13.0 Å². The molecule has 62 valence electrons. The lowest BCUT2D eigenvalue weighted by molar-refractivity contribution is 0.492. The predicted octanol–water partition coefficient (Wildman–Crippen LogP) is 1.52. The van der Waals surface area contributed by atoms with Gasteiger partial charge in [0.25, 0.3) is 10.1 Å². The molecule has 11 heavy (non-hydrogen) atoms. The molecule has 0 aromatic heterocycles. The van der Waals surface area contributed by atoms with E-state index in [1.165, 1.54) is 12.2 Å². The highest BCUT2D eigenvalue weighted by molar-refractivity contribution is 7.90. The van der Waals surface area contributed by atoms with Gasteiger partial charge in [-0.3, -0.25) is 4.55 Å². The Hall–Kier alpha value is -0.870. The van der Waals surface area contributed by atoms with E-state index in [-0.39, 0.29) is 4.91 Å². The fourth-order valence-electron chi connectivity index (χ4n) is 0.360. The van der Waals surface area contributed by atoms with Gasteiger partial charge in [-0.2, -0.15) is 8.42 Å². The summed E-state index contributed by atoms with van der Waals surface area (Å²) in [5, 5.41) is 0. The van der Waals surface area contributed by atoms with Gasteiger partial charge in [0, 0.05) is 0 Å². The van der Waals surface area contributed by atoms with E-state index in [1.807, 2.05) is 0 Å². The van der Waals surface area contributed by atoms with Crippen molar-refractivity contribution in [3.8, 4) is 0 Å². The molecule has 0 fully saturated rings. The van der Waals surface area contributed by atoms with Crippen LogP contribution >= 0.6 is 0 Å². The summed E-state index contributed by atoms with van der Waals surface area (Å²) in [6, 6.07) is 0. The molecule has 0 bridgehead atoms. The second-order valence-corrected chi connectivity index (χ2v) is 3.30. The van der Waals surface area contributed by atoms with Crippen molar-refractivity contribution in [1.82, 2.24) is 0 Å². The van der Waals surface area contributed by atoms with Crippen LogP contribution in [0.2, 0.25) is 0 Å². The maximum Gasteiger partial charge on any atom is 0.293 e. The molecule has 0 aromatic carbocycles. The lowest BCUT2D eigenvalue weighted by atomic mass is 10.4. The van der Waals surface area contributed by atoms with Crippen LogP contribution in [0.5, 0.6) is 0 Å². The first-order valence-corrected chi connectivity index (χ1v) is 4.38. The van der Waals surface area contributed by atoms with E-state index in [1.54, 1.807) is 19.1 Å². The number of hydrogen-bond acceptors (Lipinski definition) is 2. The summed E-state index contributed by atoms with van der Waals surface area (Å²) in [6.07, 6.45) is 6.07. The molecule has 0 aliphatic rings. The molecular weight excluding hydrogens is 164 g/mol. The monoisotopic (exact) mass is 174 g/mol. The standard InChI is InChI=1S/C7H10O3S/c1-3-4-5-6-7(2)11(8,9)10/h3-6H,2H2,1H3,(H,8,9,10)/b4-3-,6-5-. The third-order valence-electron chi connectivity index (χ3n) is 0.917. The van der Waals surface area contributed by atoms with E-state index < -0.39 is 10.1 Å². The smallest absolute Gasteiger partial charge is 0.282 e. The predicted molar refractivity (Wildman–Crippen MR) is 44.6 cm³/mol. The average molecular weight is 174 g/mol. The minimum absolute atomic E-state index is 0.310. The van der Waals surface area contributed by atoms with Crippen molar-refractivity contribution in [3.05, 3.63) is 35.8 Å². The zero-order valence-corrected chi connectivity index (χ0v) is 7.00. The maximum atomic E-state index is 10.3. The zero-order chi connectivity index (χ0) is 8.91. The zero-order valence-electron chi connectivity index (χ0n) is 6.19. The fraction of sp³-hybridized carbons (Fsp3) is 0.143. The second kappa shape index (κ2) is 4.10. The molecule has 0 aromatic rings. The van der Waals surface area contributed by atoms with Gasteiger partial charge in [-0.25, -0.2) is 0 Å². The molecular formula is C7H10O3S. The van der Waals surface area contributed by atoms with E-state index in [9.17, 15) is 8.42 Å². The molecule has 0 amide bonds.